The highest BCUT2D eigenvalue weighted by molar-refractivity contribution is 9.10. The number of rotatable bonds is 3. The van der Waals surface area contributed by atoms with E-state index in [1.54, 1.807) is 7.11 Å². The molecule has 2 aromatic carbocycles. The van der Waals surface area contributed by atoms with E-state index < -0.39 is 0 Å². The van der Waals surface area contributed by atoms with E-state index in [9.17, 15) is 0 Å². The Balaban J connectivity index is 1.79. The molecule has 3 aromatic heterocycles. The van der Waals surface area contributed by atoms with Gasteiger partial charge in [0.05, 0.1) is 12.6 Å². The van der Waals surface area contributed by atoms with Crippen LogP contribution in [0.3, 0.4) is 0 Å². The number of methoxy groups -OCH3 is 1. The minimum atomic E-state index is 0.772. The van der Waals surface area contributed by atoms with E-state index in [1.165, 1.54) is 16.5 Å². The van der Waals surface area contributed by atoms with Gasteiger partial charge in [0.25, 0.3) is 0 Å². The minimum absolute atomic E-state index is 0.772. The van der Waals surface area contributed by atoms with Crippen LogP contribution < -0.4 is 4.74 Å². The summed E-state index contributed by atoms with van der Waals surface area (Å²) in [7, 11) is 1.69. The van der Waals surface area contributed by atoms with Gasteiger partial charge in [0.2, 0.25) is 0 Å². The molecule has 0 fully saturated rings. The van der Waals surface area contributed by atoms with Crippen molar-refractivity contribution in [2.45, 2.75) is 6.54 Å². The monoisotopic (exact) mass is 405 g/mol. The van der Waals surface area contributed by atoms with E-state index in [0.717, 1.165) is 33.6 Å². The first-order chi connectivity index (χ1) is 12.7. The first-order valence-electron chi connectivity index (χ1n) is 8.42. The third kappa shape index (κ3) is 2.31. The van der Waals surface area contributed by atoms with E-state index in [-0.39, 0.29) is 0 Å². The second-order valence-electron chi connectivity index (χ2n) is 6.31. The van der Waals surface area contributed by atoms with Gasteiger partial charge in [0.1, 0.15) is 22.6 Å². The predicted octanol–water partition coefficient (Wildman–Crippen LogP) is 5.26. The number of hydrogen-bond acceptors (Lipinski definition) is 2. The van der Waals surface area contributed by atoms with Crippen molar-refractivity contribution in [3.05, 3.63) is 76.9 Å². The maximum Gasteiger partial charge on any atom is 0.146 e. The number of pyridine rings is 1. The van der Waals surface area contributed by atoms with Crippen molar-refractivity contribution in [3.63, 3.8) is 0 Å². The fraction of sp³-hybridized carbons (Fsp3) is 0.0952. The topological polar surface area (TPSA) is 31.5 Å². The summed E-state index contributed by atoms with van der Waals surface area (Å²) in [5, 5.41) is 1.18. The standard InChI is InChI=1S/C21H16BrN3O/c1-26-16-9-6-14(7-10-16)12-24-18-5-3-2-4-17(18)20-21(24)25-13-15(22)8-11-19(25)23-20/h2-11,13H,12H2,1H3. The van der Waals surface area contributed by atoms with Gasteiger partial charge in [0, 0.05) is 22.6 Å². The van der Waals surface area contributed by atoms with Crippen LogP contribution in [-0.2, 0) is 6.54 Å². The molecular formula is C21H16BrN3O. The largest absolute Gasteiger partial charge is 0.497 e. The van der Waals surface area contributed by atoms with Crippen LogP contribution in [0.1, 0.15) is 5.56 Å². The Bertz CT molecular complexity index is 1250. The zero-order chi connectivity index (χ0) is 17.7. The van der Waals surface area contributed by atoms with Crippen molar-refractivity contribution in [2.24, 2.45) is 0 Å². The summed E-state index contributed by atoms with van der Waals surface area (Å²) in [5.74, 6) is 0.870. The van der Waals surface area contributed by atoms with Gasteiger partial charge in [-0.05, 0) is 51.8 Å². The fourth-order valence-corrected chi connectivity index (χ4v) is 3.88. The molecule has 0 spiro atoms. The molecule has 0 saturated heterocycles. The molecule has 0 amide bonds. The average molecular weight is 406 g/mol. The first-order valence-corrected chi connectivity index (χ1v) is 9.21. The average Bonchev–Trinajstić information content (AvgIpc) is 3.18. The maximum atomic E-state index is 5.28. The smallest absolute Gasteiger partial charge is 0.146 e. The summed E-state index contributed by atoms with van der Waals surface area (Å²) in [6.45, 7) is 0.772. The highest BCUT2D eigenvalue weighted by atomic mass is 79.9. The third-order valence-electron chi connectivity index (χ3n) is 4.76. The molecule has 0 aliphatic rings. The fourth-order valence-electron chi connectivity index (χ4n) is 3.54. The zero-order valence-corrected chi connectivity index (χ0v) is 15.8. The van der Waals surface area contributed by atoms with Crippen LogP contribution in [0.2, 0.25) is 0 Å². The summed E-state index contributed by atoms with van der Waals surface area (Å²) in [6, 6.07) is 20.7. The van der Waals surface area contributed by atoms with Gasteiger partial charge in [-0.3, -0.25) is 4.40 Å². The molecule has 0 atom stereocenters. The Labute approximate surface area is 158 Å². The SMILES string of the molecule is COc1ccc(Cn2c3ccccc3c3nc4ccc(Br)cn4c32)cc1. The molecule has 5 aromatic rings. The van der Waals surface area contributed by atoms with Gasteiger partial charge in [-0.2, -0.15) is 0 Å². The Morgan fingerprint density at radius 2 is 1.81 bits per heavy atom. The summed E-state index contributed by atoms with van der Waals surface area (Å²) in [6.07, 6.45) is 2.08. The molecule has 128 valence electrons. The lowest BCUT2D eigenvalue weighted by Crippen LogP contribution is -2.02. The van der Waals surface area contributed by atoms with Crippen molar-refractivity contribution in [1.82, 2.24) is 14.0 Å². The highest BCUT2D eigenvalue weighted by Gasteiger charge is 2.16. The number of para-hydroxylation sites is 1. The lowest BCUT2D eigenvalue weighted by atomic mass is 10.2. The molecule has 5 rings (SSSR count). The molecule has 0 aliphatic heterocycles. The van der Waals surface area contributed by atoms with Crippen LogP contribution >= 0.6 is 15.9 Å². The normalized spacial score (nSPS) is 11.6. The van der Waals surface area contributed by atoms with Crippen molar-refractivity contribution < 1.29 is 4.74 Å². The van der Waals surface area contributed by atoms with Gasteiger partial charge in [-0.15, -0.1) is 0 Å². The lowest BCUT2D eigenvalue weighted by Gasteiger charge is -2.09. The van der Waals surface area contributed by atoms with Crippen LogP contribution in [0.25, 0.3) is 27.7 Å². The molecule has 0 unspecified atom stereocenters. The molecule has 0 radical (unpaired) electrons. The van der Waals surface area contributed by atoms with Crippen molar-refractivity contribution >= 4 is 43.6 Å². The molecule has 3 heterocycles. The molecule has 4 nitrogen and oxygen atoms in total. The lowest BCUT2D eigenvalue weighted by molar-refractivity contribution is 0.414. The number of imidazole rings is 1. The molecule has 0 aliphatic carbocycles. The maximum absolute atomic E-state index is 5.28. The van der Waals surface area contributed by atoms with E-state index in [4.69, 9.17) is 9.72 Å². The van der Waals surface area contributed by atoms with Gasteiger partial charge in [0.15, 0.2) is 0 Å². The second kappa shape index (κ2) is 5.88. The molecule has 5 heteroatoms. The number of hydrogen-bond donors (Lipinski definition) is 0. The van der Waals surface area contributed by atoms with Crippen LogP contribution in [-0.4, -0.2) is 21.1 Å². The Morgan fingerprint density at radius 3 is 2.62 bits per heavy atom. The Morgan fingerprint density at radius 1 is 1.00 bits per heavy atom. The quantitative estimate of drug-likeness (QED) is 0.409. The first kappa shape index (κ1) is 15.5. The number of nitrogens with zero attached hydrogens (tertiary/aromatic N) is 3. The van der Waals surface area contributed by atoms with E-state index >= 15 is 0 Å². The number of aromatic nitrogens is 3. The summed E-state index contributed by atoms with van der Waals surface area (Å²) < 4.78 is 10.8. The van der Waals surface area contributed by atoms with Crippen LogP contribution in [0.4, 0.5) is 0 Å². The van der Waals surface area contributed by atoms with Gasteiger partial charge in [-0.25, -0.2) is 4.98 Å². The van der Waals surface area contributed by atoms with Crippen molar-refractivity contribution in [1.29, 1.82) is 0 Å². The van der Waals surface area contributed by atoms with Crippen molar-refractivity contribution in [3.8, 4) is 5.75 Å². The molecule has 26 heavy (non-hydrogen) atoms. The van der Waals surface area contributed by atoms with E-state index in [2.05, 4.69) is 67.5 Å². The number of benzene rings is 2. The molecular weight excluding hydrogens is 390 g/mol. The molecule has 0 saturated carbocycles. The van der Waals surface area contributed by atoms with E-state index in [0.29, 0.717) is 0 Å². The summed E-state index contributed by atoms with van der Waals surface area (Å²) >= 11 is 3.58. The van der Waals surface area contributed by atoms with Gasteiger partial charge >= 0.3 is 0 Å². The zero-order valence-electron chi connectivity index (χ0n) is 14.2. The van der Waals surface area contributed by atoms with Gasteiger partial charge in [-0.1, -0.05) is 30.3 Å². The Hall–Kier alpha value is -2.79. The Kier molecular flexibility index (Phi) is 3.50. The highest BCUT2D eigenvalue weighted by Crippen LogP contribution is 2.31. The molecule has 0 bridgehead atoms. The van der Waals surface area contributed by atoms with E-state index in [1.807, 2.05) is 24.3 Å². The van der Waals surface area contributed by atoms with Crippen LogP contribution in [0.5, 0.6) is 5.75 Å². The number of halogens is 1. The summed E-state index contributed by atoms with van der Waals surface area (Å²) in [4.78, 5) is 4.88. The third-order valence-corrected chi connectivity index (χ3v) is 5.23. The number of fused-ring (bicyclic) bond motifs is 5. The molecule has 0 N–H and O–H groups in total. The minimum Gasteiger partial charge on any atom is -0.497 e. The van der Waals surface area contributed by atoms with Crippen molar-refractivity contribution in [2.75, 3.05) is 7.11 Å². The van der Waals surface area contributed by atoms with Crippen LogP contribution in [0.15, 0.2) is 71.3 Å². The summed E-state index contributed by atoms with van der Waals surface area (Å²) in [5.41, 5.74) is 5.51. The second-order valence-corrected chi connectivity index (χ2v) is 7.23. The van der Waals surface area contributed by atoms with Crippen LogP contribution in [0, 0.1) is 0 Å². The number of ether oxygens (including phenoxy) is 1. The van der Waals surface area contributed by atoms with Gasteiger partial charge < -0.3 is 9.30 Å². The predicted molar refractivity (Wildman–Crippen MR) is 108 cm³/mol.